The van der Waals surface area contributed by atoms with E-state index < -0.39 is 77.2 Å². The van der Waals surface area contributed by atoms with E-state index in [1.54, 1.807) is 54.6 Å². The Balaban J connectivity index is 1.32. The topological polar surface area (TPSA) is 263 Å². The molecule has 0 spiro atoms. The van der Waals surface area contributed by atoms with Gasteiger partial charge in [-0.05, 0) is 85.3 Å². The molecule has 0 aliphatic heterocycles. The van der Waals surface area contributed by atoms with E-state index in [2.05, 4.69) is 26.6 Å². The van der Waals surface area contributed by atoms with Crippen molar-refractivity contribution in [2.75, 3.05) is 13.1 Å². The van der Waals surface area contributed by atoms with Crippen LogP contribution in [0.5, 0.6) is 0 Å². The average molecular weight is 995 g/mol. The monoisotopic (exact) mass is 994 g/mol. The zero-order valence-electron chi connectivity index (χ0n) is 38.9. The van der Waals surface area contributed by atoms with Crippen LogP contribution in [0.2, 0.25) is 0 Å². The standard InChI is InChI=1S/C52H58FN5O12S/c53-40-20-18-37(19-21-40)50(67)56-44(29-36-15-8-3-9-16-36)45(62)31-39(28-35-13-6-2-7-14-35)49(66)55-32-42(61)17-10-26-54-48(65)38(27-34-11-4-1-5-12-34)30-41(60)22-23-43(51(68)69)57-52(71)58-46(70-33-59)24-25-47(63)64/h1-9,11-16,18-21,33,38-39,43-44,46H,10,17,22-32H2,(H,54,65)(H,55,66)(H,56,67)(H,63,64)(H,68,69)(H2,57,58,71)/t38-,39-,43+,44+,46-/m1/s1/i53-1. The number of carbonyl (C=O) groups is 9. The molecule has 0 heterocycles. The molecule has 4 rings (SSSR count). The summed E-state index contributed by atoms with van der Waals surface area (Å²) < 4.78 is 18.4. The van der Waals surface area contributed by atoms with Crippen molar-refractivity contribution in [1.82, 2.24) is 26.6 Å². The molecular weight excluding hydrogens is 937 g/mol. The molecule has 0 aliphatic rings. The van der Waals surface area contributed by atoms with Crippen molar-refractivity contribution in [1.29, 1.82) is 0 Å². The molecule has 0 unspecified atom stereocenters. The van der Waals surface area contributed by atoms with Crippen LogP contribution in [0.4, 0.5) is 4.39 Å². The van der Waals surface area contributed by atoms with E-state index in [0.29, 0.717) is 0 Å². The lowest BCUT2D eigenvalue weighted by molar-refractivity contribution is -0.141. The quantitative estimate of drug-likeness (QED) is 0.0154. The predicted octanol–water partition coefficient (Wildman–Crippen LogP) is 4.45. The van der Waals surface area contributed by atoms with Gasteiger partial charge in [-0.3, -0.25) is 38.4 Å². The summed E-state index contributed by atoms with van der Waals surface area (Å²) in [5.74, 6) is -7.54. The Morgan fingerprint density at radius 2 is 1.15 bits per heavy atom. The molecule has 4 aromatic carbocycles. The van der Waals surface area contributed by atoms with Gasteiger partial charge in [0, 0.05) is 56.0 Å². The third-order valence-corrected chi connectivity index (χ3v) is 11.5. The molecule has 0 saturated heterocycles. The maximum absolute atomic E-state index is 14.0. The minimum absolute atomic E-state index is 0.0262. The van der Waals surface area contributed by atoms with Crippen LogP contribution >= 0.6 is 12.2 Å². The van der Waals surface area contributed by atoms with Crippen molar-refractivity contribution >= 4 is 70.8 Å². The van der Waals surface area contributed by atoms with E-state index in [-0.39, 0.29) is 107 Å². The van der Waals surface area contributed by atoms with Crippen molar-refractivity contribution in [2.45, 2.75) is 88.9 Å². The number of carbonyl (C=O) groups excluding carboxylic acids is 7. The van der Waals surface area contributed by atoms with E-state index in [1.807, 2.05) is 36.4 Å². The van der Waals surface area contributed by atoms with Gasteiger partial charge in [0.05, 0.1) is 19.0 Å². The van der Waals surface area contributed by atoms with E-state index in [1.165, 1.54) is 12.1 Å². The number of nitrogens with one attached hydrogen (secondary N) is 5. The molecule has 5 atom stereocenters. The van der Waals surface area contributed by atoms with Gasteiger partial charge in [0.2, 0.25) is 11.8 Å². The minimum atomic E-state index is -1.36. The predicted molar refractivity (Wildman–Crippen MR) is 262 cm³/mol. The van der Waals surface area contributed by atoms with Crippen LogP contribution < -0.4 is 26.6 Å². The number of carboxylic acid groups (broad SMARTS) is 2. The zero-order chi connectivity index (χ0) is 51.5. The lowest BCUT2D eigenvalue weighted by Crippen LogP contribution is -2.49. The Hall–Kier alpha value is -7.67. The molecule has 4 aromatic rings. The second-order valence-electron chi connectivity index (χ2n) is 16.8. The summed E-state index contributed by atoms with van der Waals surface area (Å²) in [5.41, 5.74) is 2.46. The minimum Gasteiger partial charge on any atom is -0.481 e. The molecule has 0 fully saturated rings. The van der Waals surface area contributed by atoms with E-state index >= 15 is 0 Å². The van der Waals surface area contributed by atoms with Gasteiger partial charge in [0.1, 0.15) is 17.6 Å². The van der Waals surface area contributed by atoms with Crippen molar-refractivity contribution in [3.63, 3.8) is 0 Å². The fraction of sp³-hybridized carbons (Fsp3) is 0.346. The summed E-state index contributed by atoms with van der Waals surface area (Å²) in [6, 6.07) is 29.5. The molecule has 376 valence electrons. The zero-order valence-corrected chi connectivity index (χ0v) is 39.7. The lowest BCUT2D eigenvalue weighted by atomic mass is 9.89. The van der Waals surface area contributed by atoms with Crippen LogP contribution in [0.3, 0.4) is 0 Å². The van der Waals surface area contributed by atoms with Gasteiger partial charge in [0.25, 0.3) is 12.4 Å². The van der Waals surface area contributed by atoms with Gasteiger partial charge in [-0.2, -0.15) is 0 Å². The van der Waals surface area contributed by atoms with Crippen molar-refractivity contribution in [3.05, 3.63) is 143 Å². The molecule has 0 saturated carbocycles. The fourth-order valence-electron chi connectivity index (χ4n) is 7.48. The SMILES string of the molecule is O=CO[C@H](CCC(=O)O)NC(=S)N[C@@H](CCC(=O)C[C@@H](Cc1ccccc1)C(=O)NCCCC(=O)CNC(=O)[C@@H](CC(=O)[C@H](Cc1ccccc1)NC(=O)c1ccc([18F])cc1)Cc1ccccc1)C(=O)O. The number of thiocarbonyl (C=S) groups is 1. The first-order valence-corrected chi connectivity index (χ1v) is 23.4. The Labute approximate surface area is 415 Å². The maximum atomic E-state index is 14.0. The fourth-order valence-corrected chi connectivity index (χ4v) is 7.75. The summed E-state index contributed by atoms with van der Waals surface area (Å²) in [6.07, 6.45) is -1.99. The number of ether oxygens (including phenoxy) is 1. The number of aliphatic carboxylic acids is 2. The molecule has 0 aliphatic carbocycles. The second-order valence-corrected chi connectivity index (χ2v) is 17.2. The lowest BCUT2D eigenvalue weighted by Gasteiger charge is -2.22. The van der Waals surface area contributed by atoms with Crippen LogP contribution in [0.25, 0.3) is 0 Å². The molecule has 19 heteroatoms. The number of benzene rings is 4. The van der Waals surface area contributed by atoms with Crippen LogP contribution in [0.15, 0.2) is 115 Å². The molecule has 71 heavy (non-hydrogen) atoms. The molecule has 0 bridgehead atoms. The third kappa shape index (κ3) is 21.2. The molecule has 0 radical (unpaired) electrons. The molecule has 0 aromatic heterocycles. The first-order valence-electron chi connectivity index (χ1n) is 23.0. The van der Waals surface area contributed by atoms with E-state index in [4.69, 9.17) is 22.1 Å². The van der Waals surface area contributed by atoms with Crippen LogP contribution in [0.1, 0.15) is 78.4 Å². The number of hydrogen-bond donors (Lipinski definition) is 7. The number of carboxylic acids is 2. The summed E-state index contributed by atoms with van der Waals surface area (Å²) in [4.78, 5) is 115. The maximum Gasteiger partial charge on any atom is 0.326 e. The number of ketones is 3. The first-order chi connectivity index (χ1) is 34.1. The highest BCUT2D eigenvalue weighted by molar-refractivity contribution is 7.80. The Morgan fingerprint density at radius 3 is 1.70 bits per heavy atom. The first kappa shape index (κ1) is 55.9. The Bertz CT molecular complexity index is 2430. The van der Waals surface area contributed by atoms with Crippen molar-refractivity contribution < 1.29 is 62.5 Å². The van der Waals surface area contributed by atoms with E-state index in [0.717, 1.165) is 28.8 Å². The smallest absolute Gasteiger partial charge is 0.326 e. The van der Waals surface area contributed by atoms with Crippen LogP contribution in [-0.2, 0) is 62.4 Å². The highest BCUT2D eigenvalue weighted by Gasteiger charge is 2.30. The summed E-state index contributed by atoms with van der Waals surface area (Å²) >= 11 is 5.13. The van der Waals surface area contributed by atoms with Gasteiger partial charge in [-0.25, -0.2) is 9.18 Å². The summed E-state index contributed by atoms with van der Waals surface area (Å²) in [6.45, 7) is -0.199. The number of hydrogen-bond acceptors (Lipinski definition) is 11. The number of halogens is 1. The average Bonchev–Trinajstić information content (AvgIpc) is 3.35. The summed E-state index contributed by atoms with van der Waals surface area (Å²) in [5, 5.41) is 31.8. The van der Waals surface area contributed by atoms with E-state index in [9.17, 15) is 52.6 Å². The highest BCUT2D eigenvalue weighted by atomic mass is 32.1. The third-order valence-electron chi connectivity index (χ3n) is 11.2. The number of Topliss-reactive ketones (excluding diaryl/α,β-unsaturated/α-hetero) is 3. The number of amides is 3. The second kappa shape index (κ2) is 30.0. The van der Waals surface area contributed by atoms with Gasteiger partial charge < -0.3 is 41.5 Å². The van der Waals surface area contributed by atoms with Crippen molar-refractivity contribution in [2.24, 2.45) is 11.8 Å². The molecule has 17 nitrogen and oxygen atoms in total. The molecular formula is C52H58FN5O12S. The molecule has 7 N–H and O–H groups in total. The summed E-state index contributed by atoms with van der Waals surface area (Å²) in [7, 11) is 0. The van der Waals surface area contributed by atoms with Gasteiger partial charge >= 0.3 is 11.9 Å². The molecule has 3 amide bonds. The Kier molecular flexibility index (Phi) is 23.7. The largest absolute Gasteiger partial charge is 0.481 e. The number of rotatable bonds is 32. The Morgan fingerprint density at radius 1 is 0.606 bits per heavy atom. The van der Waals surface area contributed by atoms with Crippen LogP contribution in [-0.4, -0.2) is 100 Å². The van der Waals surface area contributed by atoms with Gasteiger partial charge in [-0.15, -0.1) is 0 Å². The van der Waals surface area contributed by atoms with Gasteiger partial charge in [0.15, 0.2) is 22.9 Å². The van der Waals surface area contributed by atoms with Gasteiger partial charge in [-0.1, -0.05) is 91.0 Å². The van der Waals surface area contributed by atoms with Crippen LogP contribution in [0, 0.1) is 17.7 Å². The van der Waals surface area contributed by atoms with Crippen molar-refractivity contribution in [3.8, 4) is 0 Å². The normalized spacial score (nSPS) is 12.9. The highest BCUT2D eigenvalue weighted by Crippen LogP contribution is 2.19.